The Morgan fingerprint density at radius 2 is 2.38 bits per heavy atom. The van der Waals surface area contributed by atoms with E-state index in [0.29, 0.717) is 12.1 Å². The molecule has 0 saturated heterocycles. The van der Waals surface area contributed by atoms with E-state index in [1.165, 1.54) is 36.5 Å². The highest BCUT2D eigenvalue weighted by Crippen LogP contribution is 2.40. The minimum absolute atomic E-state index is 0.121. The quantitative estimate of drug-likeness (QED) is 0.848. The summed E-state index contributed by atoms with van der Waals surface area (Å²) in [6.07, 6.45) is 5.19. The van der Waals surface area contributed by atoms with Crippen LogP contribution in [0, 0.1) is 0 Å². The van der Waals surface area contributed by atoms with Gasteiger partial charge >= 0.3 is 0 Å². The van der Waals surface area contributed by atoms with Crippen LogP contribution in [-0.4, -0.2) is 45.2 Å². The second-order valence-corrected chi connectivity index (χ2v) is 8.70. The number of fused-ring (bicyclic) bond motifs is 4. The standard InChI is InChI=1S/C15H22N4S2/c1-15(2)9-16-13(18-15)20-7-12-8-21-14-17-10-4-3-5-11(6-10)19(12)14/h8,10-11H,3-7,9H2,1-2H3,(H,16,18)/t10-,11+/m1/s1. The molecule has 0 aromatic carbocycles. The fourth-order valence-corrected chi connectivity index (χ4v) is 5.60. The number of thioether (sulfide) groups is 2. The van der Waals surface area contributed by atoms with E-state index in [-0.39, 0.29) is 5.54 Å². The maximum atomic E-state index is 4.92. The second-order valence-electron chi connectivity index (χ2n) is 6.90. The number of aliphatic imine (C=N–C) groups is 2. The number of nitrogens with zero attached hydrogens (tertiary/aromatic N) is 3. The number of hydrogen-bond donors (Lipinski definition) is 1. The molecule has 4 rings (SSSR count). The van der Waals surface area contributed by atoms with Crippen molar-refractivity contribution in [3.63, 3.8) is 0 Å². The second kappa shape index (κ2) is 5.23. The smallest absolute Gasteiger partial charge is 0.168 e. The molecule has 0 aromatic heterocycles. The van der Waals surface area contributed by atoms with Gasteiger partial charge in [-0.2, -0.15) is 0 Å². The lowest BCUT2D eigenvalue weighted by molar-refractivity contribution is 0.248. The van der Waals surface area contributed by atoms with Crippen molar-refractivity contribution in [2.75, 3.05) is 12.3 Å². The first kappa shape index (κ1) is 14.0. The molecular weight excluding hydrogens is 300 g/mol. The molecule has 4 nitrogen and oxygen atoms in total. The van der Waals surface area contributed by atoms with Crippen LogP contribution >= 0.6 is 23.5 Å². The van der Waals surface area contributed by atoms with E-state index in [1.807, 2.05) is 23.5 Å². The third-order valence-corrected chi connectivity index (χ3v) is 6.36. The highest BCUT2D eigenvalue weighted by Gasteiger charge is 2.38. The highest BCUT2D eigenvalue weighted by atomic mass is 32.2. The molecule has 1 fully saturated rings. The Hall–Kier alpha value is -0.620. The van der Waals surface area contributed by atoms with Gasteiger partial charge in [0.05, 0.1) is 18.1 Å². The van der Waals surface area contributed by atoms with Crippen molar-refractivity contribution in [3.05, 3.63) is 11.1 Å². The van der Waals surface area contributed by atoms with Crippen molar-refractivity contribution in [2.24, 2.45) is 9.98 Å². The van der Waals surface area contributed by atoms with E-state index in [2.05, 4.69) is 34.5 Å². The zero-order valence-electron chi connectivity index (χ0n) is 12.6. The summed E-state index contributed by atoms with van der Waals surface area (Å²) in [5, 5.41) is 8.13. The van der Waals surface area contributed by atoms with E-state index < -0.39 is 0 Å². The van der Waals surface area contributed by atoms with Gasteiger partial charge in [-0.05, 0) is 44.9 Å². The van der Waals surface area contributed by atoms with Crippen molar-refractivity contribution >= 4 is 33.9 Å². The fraction of sp³-hybridized carbons (Fsp3) is 0.733. The summed E-state index contributed by atoms with van der Waals surface area (Å²) in [6, 6.07) is 1.28. The Balaban J connectivity index is 1.42. The van der Waals surface area contributed by atoms with E-state index in [1.54, 1.807) is 0 Å². The Bertz CT molecular complexity index is 538. The van der Waals surface area contributed by atoms with Gasteiger partial charge in [0.2, 0.25) is 0 Å². The SMILES string of the molecule is CC1(C)CN=C(SCC2=CSC3=N[C@@H]4CCC[C@@H](C4)N23)N1. The normalized spacial score (nSPS) is 33.0. The Morgan fingerprint density at radius 1 is 1.48 bits per heavy atom. The molecule has 3 aliphatic heterocycles. The first-order chi connectivity index (χ1) is 10.1. The number of rotatable bonds is 2. The summed E-state index contributed by atoms with van der Waals surface area (Å²) in [5.74, 6) is 0.995. The van der Waals surface area contributed by atoms with Crippen LogP contribution in [0.3, 0.4) is 0 Å². The molecule has 0 aromatic rings. The molecule has 0 radical (unpaired) electrons. The minimum Gasteiger partial charge on any atom is -0.358 e. The number of nitrogens with one attached hydrogen (secondary N) is 1. The zero-order chi connectivity index (χ0) is 14.4. The average Bonchev–Trinajstić information content (AvgIpc) is 3.00. The van der Waals surface area contributed by atoms with Crippen LogP contribution in [0.25, 0.3) is 0 Å². The van der Waals surface area contributed by atoms with E-state index in [4.69, 9.17) is 4.99 Å². The molecule has 3 heterocycles. The van der Waals surface area contributed by atoms with Crippen molar-refractivity contribution in [1.29, 1.82) is 0 Å². The van der Waals surface area contributed by atoms with Gasteiger partial charge in [0.15, 0.2) is 10.3 Å². The molecule has 0 spiro atoms. The Morgan fingerprint density at radius 3 is 3.19 bits per heavy atom. The van der Waals surface area contributed by atoms with E-state index in [9.17, 15) is 0 Å². The van der Waals surface area contributed by atoms with Crippen LogP contribution in [-0.2, 0) is 0 Å². The molecule has 2 bridgehead atoms. The van der Waals surface area contributed by atoms with Crippen LogP contribution in [0.2, 0.25) is 0 Å². The lowest BCUT2D eigenvalue weighted by atomic mass is 9.89. The van der Waals surface area contributed by atoms with Gasteiger partial charge in [0, 0.05) is 17.5 Å². The van der Waals surface area contributed by atoms with Gasteiger partial charge < -0.3 is 10.2 Å². The van der Waals surface area contributed by atoms with E-state index >= 15 is 0 Å². The summed E-state index contributed by atoms with van der Waals surface area (Å²) in [7, 11) is 0. The number of amidine groups is 2. The third-order valence-electron chi connectivity index (χ3n) is 4.51. The third kappa shape index (κ3) is 2.72. The van der Waals surface area contributed by atoms with Gasteiger partial charge in [-0.15, -0.1) is 0 Å². The maximum Gasteiger partial charge on any atom is 0.168 e. The van der Waals surface area contributed by atoms with Crippen molar-refractivity contribution in [2.45, 2.75) is 57.2 Å². The molecule has 114 valence electrons. The highest BCUT2D eigenvalue weighted by molar-refractivity contribution is 8.17. The van der Waals surface area contributed by atoms with Gasteiger partial charge in [-0.25, -0.2) is 0 Å². The van der Waals surface area contributed by atoms with Crippen LogP contribution in [0.1, 0.15) is 39.5 Å². The number of hydrogen-bond acceptors (Lipinski definition) is 6. The van der Waals surface area contributed by atoms with Gasteiger partial charge in [-0.1, -0.05) is 23.5 Å². The van der Waals surface area contributed by atoms with Crippen molar-refractivity contribution < 1.29 is 0 Å². The van der Waals surface area contributed by atoms with Crippen molar-refractivity contribution in [3.8, 4) is 0 Å². The molecule has 4 aliphatic rings. The summed E-state index contributed by atoms with van der Waals surface area (Å²) in [6.45, 7) is 5.28. The predicted octanol–water partition coefficient (Wildman–Crippen LogP) is 3.03. The zero-order valence-corrected chi connectivity index (χ0v) is 14.3. The Labute approximate surface area is 134 Å². The molecule has 2 atom stereocenters. The lowest BCUT2D eigenvalue weighted by Gasteiger charge is -2.40. The molecule has 1 N–H and O–H groups in total. The van der Waals surface area contributed by atoms with Crippen LogP contribution in [0.15, 0.2) is 21.1 Å². The fourth-order valence-electron chi connectivity index (χ4n) is 3.45. The summed E-state index contributed by atoms with van der Waals surface area (Å²) >= 11 is 3.64. The molecule has 0 amide bonds. The Kier molecular flexibility index (Phi) is 3.49. The monoisotopic (exact) mass is 322 g/mol. The van der Waals surface area contributed by atoms with Gasteiger partial charge in [0.25, 0.3) is 0 Å². The largest absolute Gasteiger partial charge is 0.358 e. The van der Waals surface area contributed by atoms with Gasteiger partial charge in [-0.3, -0.25) is 9.98 Å². The molecule has 6 heteroatoms. The summed E-state index contributed by atoms with van der Waals surface area (Å²) in [5.41, 5.74) is 1.54. The van der Waals surface area contributed by atoms with Crippen LogP contribution in [0.5, 0.6) is 0 Å². The summed E-state index contributed by atoms with van der Waals surface area (Å²) < 4.78 is 0. The molecule has 0 unspecified atom stereocenters. The van der Waals surface area contributed by atoms with Crippen LogP contribution < -0.4 is 5.32 Å². The lowest BCUT2D eigenvalue weighted by Crippen LogP contribution is -2.45. The molecule has 1 aliphatic carbocycles. The molecule has 1 saturated carbocycles. The van der Waals surface area contributed by atoms with E-state index in [0.717, 1.165) is 17.5 Å². The topological polar surface area (TPSA) is 40.0 Å². The van der Waals surface area contributed by atoms with Gasteiger partial charge in [0.1, 0.15) is 0 Å². The summed E-state index contributed by atoms with van der Waals surface area (Å²) in [4.78, 5) is 12.0. The first-order valence-corrected chi connectivity index (χ1v) is 9.65. The average molecular weight is 323 g/mol. The molecule has 21 heavy (non-hydrogen) atoms. The maximum absolute atomic E-state index is 4.92. The molecular formula is C15H22N4S2. The van der Waals surface area contributed by atoms with Crippen molar-refractivity contribution in [1.82, 2.24) is 10.2 Å². The minimum atomic E-state index is 0.121. The first-order valence-electron chi connectivity index (χ1n) is 7.79. The van der Waals surface area contributed by atoms with Crippen LogP contribution in [0.4, 0.5) is 0 Å². The predicted molar refractivity (Wildman–Crippen MR) is 93.0 cm³/mol.